The molecule has 0 aliphatic rings. The van der Waals surface area contributed by atoms with Gasteiger partial charge >= 0.3 is 0 Å². The van der Waals surface area contributed by atoms with E-state index in [9.17, 15) is 0 Å². The van der Waals surface area contributed by atoms with Crippen molar-refractivity contribution in [3.63, 3.8) is 0 Å². The zero-order valence-corrected chi connectivity index (χ0v) is 9.12. The number of oxazole rings is 1. The number of fused-ring (bicyclic) bond motifs is 1. The summed E-state index contributed by atoms with van der Waals surface area (Å²) in [6.07, 6.45) is 0.792. The average Bonchev–Trinajstić information content (AvgIpc) is 2.68. The van der Waals surface area contributed by atoms with Crippen LogP contribution in [0.3, 0.4) is 0 Å². The van der Waals surface area contributed by atoms with Crippen LogP contribution in [0, 0.1) is 11.3 Å². The van der Waals surface area contributed by atoms with Crippen molar-refractivity contribution in [1.82, 2.24) is 4.98 Å². The van der Waals surface area contributed by atoms with Gasteiger partial charge < -0.3 is 4.42 Å². The maximum atomic E-state index is 8.82. The van der Waals surface area contributed by atoms with Gasteiger partial charge in [-0.2, -0.15) is 5.26 Å². The fraction of sp³-hybridized carbons (Fsp3) is 0.273. The van der Waals surface area contributed by atoms with Gasteiger partial charge in [0.1, 0.15) is 10.8 Å². The van der Waals surface area contributed by atoms with E-state index in [2.05, 4.69) is 11.1 Å². The van der Waals surface area contributed by atoms with E-state index in [4.69, 9.17) is 9.68 Å². The number of nitrogens with zero attached hydrogens (tertiary/aromatic N) is 2. The number of hydrogen-bond acceptors (Lipinski definition) is 4. The zero-order valence-electron chi connectivity index (χ0n) is 8.30. The molecule has 0 amide bonds. The third-order valence-electron chi connectivity index (χ3n) is 2.03. The van der Waals surface area contributed by atoms with Crippen LogP contribution in [0.25, 0.3) is 11.1 Å². The van der Waals surface area contributed by atoms with Gasteiger partial charge in [0.25, 0.3) is 5.22 Å². The lowest BCUT2D eigenvalue weighted by Crippen LogP contribution is -1.94. The molecule has 0 aliphatic carbocycles. The first-order chi connectivity index (χ1) is 7.33. The zero-order chi connectivity index (χ0) is 10.7. The van der Waals surface area contributed by atoms with Crippen molar-refractivity contribution < 1.29 is 4.42 Å². The predicted molar refractivity (Wildman–Crippen MR) is 59.6 cm³/mol. The molecule has 0 saturated carbocycles. The van der Waals surface area contributed by atoms with E-state index in [0.717, 1.165) is 17.5 Å². The molecular formula is C11H10N2OS. The lowest BCUT2D eigenvalue weighted by Gasteiger charge is -1.99. The summed E-state index contributed by atoms with van der Waals surface area (Å²) < 4.78 is 5.50. The number of benzene rings is 1. The summed E-state index contributed by atoms with van der Waals surface area (Å²) >= 11 is 1.38. The third-order valence-corrected chi connectivity index (χ3v) is 3.13. The molecule has 0 fully saturated rings. The van der Waals surface area contributed by atoms with Gasteiger partial charge in [0.2, 0.25) is 0 Å². The molecule has 2 rings (SSSR count). The first-order valence-electron chi connectivity index (χ1n) is 4.75. The van der Waals surface area contributed by atoms with Gasteiger partial charge in [-0.3, -0.25) is 0 Å². The van der Waals surface area contributed by atoms with E-state index >= 15 is 0 Å². The van der Waals surface area contributed by atoms with Crippen LogP contribution < -0.4 is 0 Å². The van der Waals surface area contributed by atoms with Gasteiger partial charge in [-0.15, -0.1) is 0 Å². The van der Waals surface area contributed by atoms with E-state index in [1.165, 1.54) is 11.8 Å². The highest BCUT2D eigenvalue weighted by molar-refractivity contribution is 7.99. The Kier molecular flexibility index (Phi) is 2.93. The van der Waals surface area contributed by atoms with Crippen LogP contribution >= 0.6 is 11.8 Å². The van der Waals surface area contributed by atoms with Crippen molar-refractivity contribution in [1.29, 1.82) is 5.26 Å². The topological polar surface area (TPSA) is 49.8 Å². The summed E-state index contributed by atoms with van der Waals surface area (Å²) in [5.41, 5.74) is 1.61. The minimum atomic E-state index is -0.0851. The second-order valence-corrected chi connectivity index (χ2v) is 4.25. The number of nitriles is 1. The van der Waals surface area contributed by atoms with Crippen molar-refractivity contribution in [2.45, 2.75) is 23.8 Å². The highest BCUT2D eigenvalue weighted by Crippen LogP contribution is 2.27. The van der Waals surface area contributed by atoms with E-state index in [1.54, 1.807) is 0 Å². The molecular weight excluding hydrogens is 208 g/mol. The molecule has 1 unspecified atom stereocenters. The second kappa shape index (κ2) is 4.37. The van der Waals surface area contributed by atoms with Crippen LogP contribution in [0.4, 0.5) is 0 Å². The number of hydrogen-bond donors (Lipinski definition) is 0. The lowest BCUT2D eigenvalue weighted by molar-refractivity contribution is 0.488. The Morgan fingerprint density at radius 3 is 3.00 bits per heavy atom. The van der Waals surface area contributed by atoms with Crippen molar-refractivity contribution in [3.05, 3.63) is 24.3 Å². The fourth-order valence-electron chi connectivity index (χ4n) is 1.22. The SMILES string of the molecule is CCC(C#N)Sc1nc2ccccc2o1. The standard InChI is InChI=1S/C11H10N2OS/c1-2-8(7-12)15-11-13-9-5-3-4-6-10(9)14-11/h3-6,8H,2H2,1H3. The van der Waals surface area contributed by atoms with Crippen LogP contribution in [-0.4, -0.2) is 10.2 Å². The van der Waals surface area contributed by atoms with Crippen LogP contribution in [-0.2, 0) is 0 Å². The number of para-hydroxylation sites is 2. The molecule has 0 N–H and O–H groups in total. The Morgan fingerprint density at radius 1 is 1.53 bits per heavy atom. The van der Waals surface area contributed by atoms with Crippen LogP contribution in [0.15, 0.2) is 33.9 Å². The molecule has 0 bridgehead atoms. The van der Waals surface area contributed by atoms with Gasteiger partial charge in [-0.05, 0) is 30.3 Å². The molecule has 1 aromatic carbocycles. The Hall–Kier alpha value is -1.47. The molecule has 2 aromatic rings. The molecule has 0 spiro atoms. The smallest absolute Gasteiger partial charge is 0.258 e. The van der Waals surface area contributed by atoms with Gasteiger partial charge in [-0.1, -0.05) is 19.1 Å². The number of aromatic nitrogens is 1. The maximum absolute atomic E-state index is 8.82. The van der Waals surface area contributed by atoms with Crippen molar-refractivity contribution in [3.8, 4) is 6.07 Å². The molecule has 1 atom stereocenters. The first-order valence-corrected chi connectivity index (χ1v) is 5.63. The number of rotatable bonds is 3. The van der Waals surface area contributed by atoms with Crippen LogP contribution in [0.5, 0.6) is 0 Å². The Morgan fingerprint density at radius 2 is 2.33 bits per heavy atom. The highest BCUT2D eigenvalue weighted by atomic mass is 32.2. The number of thioether (sulfide) groups is 1. The molecule has 1 heterocycles. The quantitative estimate of drug-likeness (QED) is 0.742. The van der Waals surface area contributed by atoms with Crippen LogP contribution in [0.1, 0.15) is 13.3 Å². The summed E-state index contributed by atoms with van der Waals surface area (Å²) in [7, 11) is 0. The summed E-state index contributed by atoms with van der Waals surface area (Å²) in [6, 6.07) is 9.81. The molecule has 0 radical (unpaired) electrons. The highest BCUT2D eigenvalue weighted by Gasteiger charge is 2.12. The van der Waals surface area contributed by atoms with Crippen molar-refractivity contribution in [2.24, 2.45) is 0 Å². The fourth-order valence-corrected chi connectivity index (χ4v) is 1.98. The van der Waals surface area contributed by atoms with E-state index in [-0.39, 0.29) is 5.25 Å². The van der Waals surface area contributed by atoms with Crippen molar-refractivity contribution >= 4 is 22.9 Å². The monoisotopic (exact) mass is 218 g/mol. The Balaban J connectivity index is 2.26. The minimum absolute atomic E-state index is 0.0851. The molecule has 76 valence electrons. The van der Waals surface area contributed by atoms with E-state index < -0.39 is 0 Å². The Labute approximate surface area is 92.1 Å². The summed E-state index contributed by atoms with van der Waals surface area (Å²) in [5.74, 6) is 0. The second-order valence-electron chi connectivity index (χ2n) is 3.09. The van der Waals surface area contributed by atoms with Gasteiger partial charge in [-0.25, -0.2) is 4.98 Å². The van der Waals surface area contributed by atoms with E-state index in [0.29, 0.717) is 5.22 Å². The van der Waals surface area contributed by atoms with Gasteiger partial charge in [0.15, 0.2) is 5.58 Å². The van der Waals surface area contributed by atoms with Crippen LogP contribution in [0.2, 0.25) is 0 Å². The first kappa shape index (κ1) is 10.1. The van der Waals surface area contributed by atoms with E-state index in [1.807, 2.05) is 31.2 Å². The summed E-state index contributed by atoms with van der Waals surface area (Å²) in [5, 5.41) is 9.31. The lowest BCUT2D eigenvalue weighted by atomic mass is 10.3. The Bertz CT molecular complexity index is 468. The molecule has 0 aliphatic heterocycles. The normalized spacial score (nSPS) is 12.5. The molecule has 15 heavy (non-hydrogen) atoms. The summed E-state index contributed by atoms with van der Waals surface area (Å²) in [4.78, 5) is 4.29. The summed E-state index contributed by atoms with van der Waals surface area (Å²) in [6.45, 7) is 1.98. The van der Waals surface area contributed by atoms with Gasteiger partial charge in [0, 0.05) is 0 Å². The molecule has 4 heteroatoms. The third kappa shape index (κ3) is 2.13. The molecule has 1 aromatic heterocycles. The van der Waals surface area contributed by atoms with Crippen molar-refractivity contribution in [2.75, 3.05) is 0 Å². The van der Waals surface area contributed by atoms with Gasteiger partial charge in [0.05, 0.1) is 6.07 Å². The average molecular weight is 218 g/mol. The predicted octanol–water partition coefficient (Wildman–Crippen LogP) is 3.22. The molecule has 0 saturated heterocycles. The maximum Gasteiger partial charge on any atom is 0.258 e. The molecule has 3 nitrogen and oxygen atoms in total. The minimum Gasteiger partial charge on any atom is -0.431 e. The largest absolute Gasteiger partial charge is 0.431 e.